The summed E-state index contributed by atoms with van der Waals surface area (Å²) in [6.07, 6.45) is 0. The number of hydrogen-bond acceptors (Lipinski definition) is 12. The van der Waals surface area contributed by atoms with Gasteiger partial charge in [-0.3, -0.25) is 10.1 Å². The fourth-order valence-corrected chi connectivity index (χ4v) is 6.10. The molecule has 0 spiro atoms. The van der Waals surface area contributed by atoms with Crippen LogP contribution in [-0.4, -0.2) is 44.3 Å². The normalized spacial score (nSPS) is 10.8. The second kappa shape index (κ2) is 10.2. The van der Waals surface area contributed by atoms with E-state index in [1.54, 1.807) is 25.3 Å². The van der Waals surface area contributed by atoms with Gasteiger partial charge in [0.1, 0.15) is 32.9 Å². The molecule has 0 unspecified atom stereocenters. The van der Waals surface area contributed by atoms with Gasteiger partial charge in [-0.25, -0.2) is 9.97 Å². The minimum Gasteiger partial charge on any atom is -0.497 e. The number of nitrogens with two attached hydrogens (primary N) is 2. The number of nitrogen functional groups attached to an aromatic ring is 2. The van der Waals surface area contributed by atoms with Gasteiger partial charge in [-0.05, 0) is 35.9 Å². The summed E-state index contributed by atoms with van der Waals surface area (Å²) < 4.78 is 22.5. The Balaban J connectivity index is 1.65. The fraction of sp³-hybridized carbons (Fsp3) is 0.154. The number of thiazole rings is 1. The number of nitrogens with zero attached hydrogens (tertiary/aromatic N) is 3. The smallest absolute Gasteiger partial charge is 0.269 e. The van der Waals surface area contributed by atoms with Gasteiger partial charge in [-0.2, -0.15) is 5.26 Å². The SMILES string of the molecule is COc1ccc2nc(NC(=O)c3sc4nc(N)c(C#N)c(-c5cc(OC)c(OC)c(OC)c5)c4c3N)sc2c1. The maximum Gasteiger partial charge on any atom is 0.269 e. The van der Waals surface area contributed by atoms with E-state index < -0.39 is 5.91 Å². The zero-order chi connectivity index (χ0) is 27.8. The molecule has 0 aliphatic rings. The number of carbonyl (C=O) groups excluding carboxylic acids is 1. The Morgan fingerprint density at radius 2 is 1.69 bits per heavy atom. The molecule has 5 N–H and O–H groups in total. The Hall–Kier alpha value is -4.80. The molecule has 11 nitrogen and oxygen atoms in total. The zero-order valence-corrected chi connectivity index (χ0v) is 22.9. The van der Waals surface area contributed by atoms with Crippen LogP contribution in [0, 0.1) is 11.3 Å². The van der Waals surface area contributed by atoms with Gasteiger partial charge < -0.3 is 30.4 Å². The summed E-state index contributed by atoms with van der Waals surface area (Å²) in [5, 5.41) is 13.6. The summed E-state index contributed by atoms with van der Waals surface area (Å²) >= 11 is 2.37. The van der Waals surface area contributed by atoms with Crippen molar-refractivity contribution in [3.63, 3.8) is 0 Å². The average Bonchev–Trinajstić information content (AvgIpc) is 3.50. The molecule has 0 aliphatic heterocycles. The van der Waals surface area contributed by atoms with Gasteiger partial charge in [0.05, 0.1) is 44.3 Å². The third-order valence-electron chi connectivity index (χ3n) is 5.99. The molecule has 0 saturated carbocycles. The monoisotopic (exact) mass is 562 g/mol. The van der Waals surface area contributed by atoms with Crippen LogP contribution in [0.1, 0.15) is 15.2 Å². The highest BCUT2D eigenvalue weighted by Gasteiger charge is 2.26. The molecule has 0 saturated heterocycles. The molecule has 0 atom stereocenters. The number of benzene rings is 2. The Labute approximate surface area is 230 Å². The van der Waals surface area contributed by atoms with Crippen molar-refractivity contribution in [2.75, 3.05) is 45.2 Å². The largest absolute Gasteiger partial charge is 0.497 e. The number of hydrogen-bond donors (Lipinski definition) is 3. The molecule has 2 aromatic carbocycles. The van der Waals surface area contributed by atoms with E-state index in [4.69, 9.17) is 30.4 Å². The van der Waals surface area contributed by atoms with E-state index in [2.05, 4.69) is 21.4 Å². The molecular formula is C26H22N6O5S2. The summed E-state index contributed by atoms with van der Waals surface area (Å²) in [6.45, 7) is 0. The first kappa shape index (κ1) is 25.8. The standard InChI is InChI=1S/C26H22N6O5S2/c1-34-12-5-6-14-17(9-12)38-26(30-14)32-24(33)22-20(28)19-18(13(10-27)23(29)31-25(19)39-22)11-7-15(35-2)21(37-4)16(8-11)36-3/h5-9H,28H2,1-4H3,(H2,29,31)(H,30,32,33). The molecule has 0 aliphatic carbocycles. The molecule has 0 radical (unpaired) electrons. The first-order valence-corrected chi connectivity index (χ1v) is 12.9. The Bertz CT molecular complexity index is 1780. The summed E-state index contributed by atoms with van der Waals surface area (Å²) in [5.74, 6) is 1.36. The second-order valence-corrected chi connectivity index (χ2v) is 10.1. The minimum atomic E-state index is -0.463. The molecule has 5 aromatic rings. The highest BCUT2D eigenvalue weighted by molar-refractivity contribution is 7.23. The van der Waals surface area contributed by atoms with Crippen molar-refractivity contribution in [1.82, 2.24) is 9.97 Å². The quantitative estimate of drug-likeness (QED) is 0.248. The maximum atomic E-state index is 13.4. The van der Waals surface area contributed by atoms with E-state index in [0.29, 0.717) is 49.5 Å². The number of fused-ring (bicyclic) bond motifs is 2. The highest BCUT2D eigenvalue weighted by atomic mass is 32.1. The lowest BCUT2D eigenvalue weighted by Gasteiger charge is -2.16. The van der Waals surface area contributed by atoms with Crippen LogP contribution < -0.4 is 35.7 Å². The number of methoxy groups -OCH3 is 4. The van der Waals surface area contributed by atoms with Crippen molar-refractivity contribution < 1.29 is 23.7 Å². The van der Waals surface area contributed by atoms with E-state index in [9.17, 15) is 10.1 Å². The topological polar surface area (TPSA) is 168 Å². The number of carbonyl (C=O) groups is 1. The third kappa shape index (κ3) is 4.35. The number of amides is 1. The molecule has 0 fully saturated rings. The number of anilines is 3. The molecule has 5 rings (SSSR count). The fourth-order valence-electron chi connectivity index (χ4n) is 4.21. The van der Waals surface area contributed by atoms with Crippen LogP contribution in [0.2, 0.25) is 0 Å². The van der Waals surface area contributed by atoms with Crippen molar-refractivity contribution in [1.29, 1.82) is 5.26 Å². The van der Waals surface area contributed by atoms with Crippen molar-refractivity contribution in [2.45, 2.75) is 0 Å². The zero-order valence-electron chi connectivity index (χ0n) is 21.2. The number of nitriles is 1. The summed E-state index contributed by atoms with van der Waals surface area (Å²) in [4.78, 5) is 22.8. The van der Waals surface area contributed by atoms with Gasteiger partial charge in [0, 0.05) is 10.9 Å². The van der Waals surface area contributed by atoms with E-state index in [0.717, 1.165) is 21.6 Å². The number of thiophene rings is 1. The Kier molecular flexibility index (Phi) is 6.73. The van der Waals surface area contributed by atoms with Crippen molar-refractivity contribution >= 4 is 65.7 Å². The lowest BCUT2D eigenvalue weighted by Crippen LogP contribution is -2.11. The van der Waals surface area contributed by atoms with Crippen LogP contribution in [0.4, 0.5) is 16.6 Å². The van der Waals surface area contributed by atoms with Crippen LogP contribution in [0.5, 0.6) is 23.0 Å². The average molecular weight is 563 g/mol. The molecule has 39 heavy (non-hydrogen) atoms. The first-order valence-electron chi connectivity index (χ1n) is 11.3. The molecule has 3 aromatic heterocycles. The van der Waals surface area contributed by atoms with Crippen LogP contribution in [0.25, 0.3) is 31.6 Å². The molecule has 1 amide bonds. The van der Waals surface area contributed by atoms with Crippen LogP contribution in [0.15, 0.2) is 30.3 Å². The van der Waals surface area contributed by atoms with Gasteiger partial charge in [0.2, 0.25) is 5.75 Å². The third-order valence-corrected chi connectivity index (χ3v) is 8.02. The van der Waals surface area contributed by atoms with Gasteiger partial charge in [-0.1, -0.05) is 11.3 Å². The van der Waals surface area contributed by atoms with Crippen molar-refractivity contribution in [3.05, 3.63) is 40.8 Å². The number of rotatable bonds is 7. The molecule has 3 heterocycles. The van der Waals surface area contributed by atoms with Gasteiger partial charge >= 0.3 is 0 Å². The lowest BCUT2D eigenvalue weighted by molar-refractivity contribution is 0.103. The predicted molar refractivity (Wildman–Crippen MR) is 152 cm³/mol. The van der Waals surface area contributed by atoms with Crippen LogP contribution in [0.3, 0.4) is 0 Å². The van der Waals surface area contributed by atoms with E-state index in [1.807, 2.05) is 12.1 Å². The van der Waals surface area contributed by atoms with Crippen LogP contribution in [-0.2, 0) is 0 Å². The summed E-state index contributed by atoms with van der Waals surface area (Å²) in [6, 6.07) is 10.9. The number of ether oxygens (including phenoxy) is 4. The van der Waals surface area contributed by atoms with Crippen LogP contribution >= 0.6 is 22.7 Å². The van der Waals surface area contributed by atoms with E-state index in [-0.39, 0.29) is 21.9 Å². The lowest BCUT2D eigenvalue weighted by atomic mass is 9.96. The number of aromatic nitrogens is 2. The van der Waals surface area contributed by atoms with Gasteiger partial charge in [-0.15, -0.1) is 11.3 Å². The van der Waals surface area contributed by atoms with Crippen molar-refractivity contribution in [3.8, 4) is 40.2 Å². The van der Waals surface area contributed by atoms with E-state index in [1.165, 1.54) is 32.7 Å². The molecule has 198 valence electrons. The predicted octanol–water partition coefficient (Wildman–Crippen LogP) is 4.90. The molecular weight excluding hydrogens is 540 g/mol. The number of pyridine rings is 1. The Morgan fingerprint density at radius 3 is 2.31 bits per heavy atom. The van der Waals surface area contributed by atoms with Crippen molar-refractivity contribution in [2.24, 2.45) is 0 Å². The molecule has 13 heteroatoms. The summed E-state index contributed by atoms with van der Waals surface area (Å²) in [5.41, 5.74) is 14.6. The number of nitrogens with one attached hydrogen (secondary N) is 1. The van der Waals surface area contributed by atoms with E-state index >= 15 is 0 Å². The summed E-state index contributed by atoms with van der Waals surface area (Å²) in [7, 11) is 6.05. The maximum absolute atomic E-state index is 13.4. The first-order chi connectivity index (χ1) is 18.8. The van der Waals surface area contributed by atoms with Gasteiger partial charge in [0.25, 0.3) is 5.91 Å². The van der Waals surface area contributed by atoms with Gasteiger partial charge in [0.15, 0.2) is 16.6 Å². The Morgan fingerprint density at radius 1 is 0.974 bits per heavy atom. The highest BCUT2D eigenvalue weighted by Crippen LogP contribution is 2.47. The second-order valence-electron chi connectivity index (χ2n) is 8.10. The minimum absolute atomic E-state index is 0.00193. The molecule has 0 bridgehead atoms.